The molecule has 1 amide bonds. The number of anilines is 1. The fraction of sp³-hybridized carbons (Fsp3) is 0.333. The van der Waals surface area contributed by atoms with Gasteiger partial charge in [-0.25, -0.2) is 0 Å². The van der Waals surface area contributed by atoms with E-state index in [-0.39, 0.29) is 5.91 Å². The van der Waals surface area contributed by atoms with Crippen LogP contribution in [0.1, 0.15) is 18.9 Å². The number of pyridine rings is 1. The molecule has 0 aliphatic heterocycles. The Morgan fingerprint density at radius 1 is 1.32 bits per heavy atom. The van der Waals surface area contributed by atoms with Gasteiger partial charge >= 0.3 is 0 Å². The monoisotopic (exact) mass is 257 g/mol. The van der Waals surface area contributed by atoms with Gasteiger partial charge in [-0.3, -0.25) is 9.78 Å². The molecule has 2 aromatic rings. The predicted molar refractivity (Wildman–Crippen MR) is 78.3 cm³/mol. The molecular formula is C15H19N3O. The van der Waals surface area contributed by atoms with E-state index >= 15 is 0 Å². The minimum absolute atomic E-state index is 0.0255. The standard InChI is InChI=1S/C15H19N3O/c1-3-8-16-10-14(19)18-13-7-6-11(2)15-12(13)5-4-9-17-15/h4-7,9,16H,3,8,10H2,1-2H3,(H,18,19). The Bertz CT molecular complexity index is 581. The second kappa shape index (κ2) is 6.29. The molecule has 0 fully saturated rings. The maximum atomic E-state index is 11.8. The quantitative estimate of drug-likeness (QED) is 0.809. The van der Waals surface area contributed by atoms with Crippen molar-refractivity contribution < 1.29 is 4.79 Å². The van der Waals surface area contributed by atoms with Crippen LogP contribution in [0, 0.1) is 6.92 Å². The van der Waals surface area contributed by atoms with Crippen LogP contribution in [0.2, 0.25) is 0 Å². The number of aromatic nitrogens is 1. The van der Waals surface area contributed by atoms with Crippen LogP contribution < -0.4 is 10.6 Å². The van der Waals surface area contributed by atoms with Gasteiger partial charge in [0.15, 0.2) is 0 Å². The van der Waals surface area contributed by atoms with Crippen LogP contribution in [0.4, 0.5) is 5.69 Å². The van der Waals surface area contributed by atoms with Crippen molar-refractivity contribution in [2.75, 3.05) is 18.4 Å². The van der Waals surface area contributed by atoms with Crippen LogP contribution in [0.5, 0.6) is 0 Å². The van der Waals surface area contributed by atoms with Gasteiger partial charge in [0.05, 0.1) is 17.7 Å². The first-order chi connectivity index (χ1) is 9.22. The second-order valence-electron chi connectivity index (χ2n) is 4.55. The van der Waals surface area contributed by atoms with Gasteiger partial charge in [-0.1, -0.05) is 13.0 Å². The summed E-state index contributed by atoms with van der Waals surface area (Å²) in [5.41, 5.74) is 2.86. The Balaban J connectivity index is 2.17. The first-order valence-corrected chi connectivity index (χ1v) is 6.57. The van der Waals surface area contributed by atoms with Crippen LogP contribution in [-0.2, 0) is 4.79 Å². The van der Waals surface area contributed by atoms with Gasteiger partial charge in [-0.15, -0.1) is 0 Å². The molecule has 0 saturated carbocycles. The molecule has 4 nitrogen and oxygen atoms in total. The number of hydrogen-bond donors (Lipinski definition) is 2. The van der Waals surface area contributed by atoms with E-state index < -0.39 is 0 Å². The third kappa shape index (κ3) is 3.29. The second-order valence-corrected chi connectivity index (χ2v) is 4.55. The summed E-state index contributed by atoms with van der Waals surface area (Å²) in [6, 6.07) is 7.76. The summed E-state index contributed by atoms with van der Waals surface area (Å²) in [6.07, 6.45) is 2.79. The number of amides is 1. The Morgan fingerprint density at radius 3 is 2.95 bits per heavy atom. The maximum absolute atomic E-state index is 11.8. The number of carbonyl (C=O) groups is 1. The van der Waals surface area contributed by atoms with Crippen molar-refractivity contribution in [3.05, 3.63) is 36.0 Å². The summed E-state index contributed by atoms with van der Waals surface area (Å²) in [7, 11) is 0. The third-order valence-corrected chi connectivity index (χ3v) is 2.96. The number of benzene rings is 1. The molecule has 1 aromatic heterocycles. The van der Waals surface area contributed by atoms with E-state index in [2.05, 4.69) is 22.5 Å². The zero-order chi connectivity index (χ0) is 13.7. The van der Waals surface area contributed by atoms with Gasteiger partial charge in [0.1, 0.15) is 0 Å². The lowest BCUT2D eigenvalue weighted by Crippen LogP contribution is -2.28. The molecule has 1 aromatic carbocycles. The number of rotatable bonds is 5. The molecule has 4 heteroatoms. The highest BCUT2D eigenvalue weighted by molar-refractivity contribution is 6.02. The summed E-state index contributed by atoms with van der Waals surface area (Å²) in [4.78, 5) is 16.2. The Morgan fingerprint density at radius 2 is 2.16 bits per heavy atom. The van der Waals surface area contributed by atoms with Crippen LogP contribution in [0.15, 0.2) is 30.5 Å². The van der Waals surface area contributed by atoms with Crippen LogP contribution >= 0.6 is 0 Å². The van der Waals surface area contributed by atoms with Gasteiger partial charge in [0.2, 0.25) is 5.91 Å². The molecule has 0 atom stereocenters. The molecule has 1 heterocycles. The fourth-order valence-corrected chi connectivity index (χ4v) is 2.00. The third-order valence-electron chi connectivity index (χ3n) is 2.96. The molecule has 0 unspecified atom stereocenters. The minimum atomic E-state index is -0.0255. The Labute approximate surface area is 113 Å². The Hall–Kier alpha value is -1.94. The number of fused-ring (bicyclic) bond motifs is 1. The minimum Gasteiger partial charge on any atom is -0.324 e. The molecule has 0 radical (unpaired) electrons. The number of carbonyl (C=O) groups excluding carboxylic acids is 1. The molecule has 0 aliphatic rings. The largest absolute Gasteiger partial charge is 0.324 e. The van der Waals surface area contributed by atoms with E-state index in [9.17, 15) is 4.79 Å². The van der Waals surface area contributed by atoms with Crippen molar-refractivity contribution in [3.8, 4) is 0 Å². The highest BCUT2D eigenvalue weighted by atomic mass is 16.1. The fourth-order valence-electron chi connectivity index (χ4n) is 2.00. The summed E-state index contributed by atoms with van der Waals surface area (Å²) in [6.45, 7) is 5.28. The molecule has 2 N–H and O–H groups in total. The van der Waals surface area contributed by atoms with E-state index in [0.717, 1.165) is 35.1 Å². The SMILES string of the molecule is CCCNCC(=O)Nc1ccc(C)c2ncccc12. The van der Waals surface area contributed by atoms with Gasteiger partial charge in [-0.2, -0.15) is 0 Å². The van der Waals surface area contributed by atoms with Gasteiger partial charge in [0, 0.05) is 11.6 Å². The number of nitrogens with one attached hydrogen (secondary N) is 2. The lowest BCUT2D eigenvalue weighted by atomic mass is 10.1. The van der Waals surface area contributed by atoms with Crippen molar-refractivity contribution in [1.29, 1.82) is 0 Å². The van der Waals surface area contributed by atoms with Crippen molar-refractivity contribution in [2.24, 2.45) is 0 Å². The van der Waals surface area contributed by atoms with Crippen LogP contribution in [0.3, 0.4) is 0 Å². The summed E-state index contributed by atoms with van der Waals surface area (Å²) < 4.78 is 0. The van der Waals surface area contributed by atoms with Gasteiger partial charge in [0.25, 0.3) is 0 Å². The zero-order valence-electron chi connectivity index (χ0n) is 11.4. The average molecular weight is 257 g/mol. The summed E-state index contributed by atoms with van der Waals surface area (Å²) >= 11 is 0. The number of nitrogens with zero attached hydrogens (tertiary/aromatic N) is 1. The van der Waals surface area contributed by atoms with E-state index in [1.54, 1.807) is 6.20 Å². The van der Waals surface area contributed by atoms with Crippen LogP contribution in [-0.4, -0.2) is 24.0 Å². The summed E-state index contributed by atoms with van der Waals surface area (Å²) in [5, 5.41) is 6.99. The predicted octanol–water partition coefficient (Wildman–Crippen LogP) is 2.48. The van der Waals surface area contributed by atoms with Crippen molar-refractivity contribution in [3.63, 3.8) is 0 Å². The summed E-state index contributed by atoms with van der Waals surface area (Å²) in [5.74, 6) is -0.0255. The number of hydrogen-bond acceptors (Lipinski definition) is 3. The van der Waals surface area contributed by atoms with Crippen molar-refractivity contribution in [2.45, 2.75) is 20.3 Å². The highest BCUT2D eigenvalue weighted by Gasteiger charge is 2.07. The van der Waals surface area contributed by atoms with Crippen molar-refractivity contribution in [1.82, 2.24) is 10.3 Å². The topological polar surface area (TPSA) is 54.0 Å². The highest BCUT2D eigenvalue weighted by Crippen LogP contribution is 2.24. The zero-order valence-corrected chi connectivity index (χ0v) is 11.4. The van der Waals surface area contributed by atoms with E-state index in [0.29, 0.717) is 6.54 Å². The molecule has 0 spiro atoms. The van der Waals surface area contributed by atoms with E-state index in [1.807, 2.05) is 31.2 Å². The van der Waals surface area contributed by atoms with Crippen molar-refractivity contribution >= 4 is 22.5 Å². The molecule has 100 valence electrons. The molecule has 0 saturated heterocycles. The molecule has 2 rings (SSSR count). The number of aryl methyl sites for hydroxylation is 1. The Kier molecular flexibility index (Phi) is 4.47. The maximum Gasteiger partial charge on any atom is 0.238 e. The lowest BCUT2D eigenvalue weighted by molar-refractivity contribution is -0.115. The smallest absolute Gasteiger partial charge is 0.238 e. The van der Waals surface area contributed by atoms with E-state index in [4.69, 9.17) is 0 Å². The molecule has 0 aliphatic carbocycles. The van der Waals surface area contributed by atoms with Crippen LogP contribution in [0.25, 0.3) is 10.9 Å². The first kappa shape index (κ1) is 13.5. The van der Waals surface area contributed by atoms with Gasteiger partial charge < -0.3 is 10.6 Å². The lowest BCUT2D eigenvalue weighted by Gasteiger charge is -2.10. The molecule has 19 heavy (non-hydrogen) atoms. The average Bonchev–Trinajstić information content (AvgIpc) is 2.43. The van der Waals surface area contributed by atoms with E-state index in [1.165, 1.54) is 0 Å². The molecule has 0 bridgehead atoms. The van der Waals surface area contributed by atoms with Gasteiger partial charge in [-0.05, 0) is 43.7 Å². The first-order valence-electron chi connectivity index (χ1n) is 6.57. The molecular weight excluding hydrogens is 238 g/mol. The normalized spacial score (nSPS) is 10.6.